The average Bonchev–Trinajstić information content (AvgIpc) is 2.29. The third-order valence-electron chi connectivity index (χ3n) is 2.48. The summed E-state index contributed by atoms with van der Waals surface area (Å²) in [4.78, 5) is 3.58. The van der Waals surface area contributed by atoms with Gasteiger partial charge in [-0.2, -0.15) is 5.26 Å². The molecule has 0 heterocycles. The van der Waals surface area contributed by atoms with E-state index in [4.69, 9.17) is 5.26 Å². The zero-order chi connectivity index (χ0) is 13.0. The molecule has 0 aliphatic rings. The smallest absolute Gasteiger partial charge is 0.183 e. The largest absolute Gasteiger partial charge is 0.371 e. The Hall–Kier alpha value is -1.67. The number of hydrogen-bond acceptors (Lipinski definition) is 3. The number of halogens is 2. The van der Waals surface area contributed by atoms with Gasteiger partial charge in [0.05, 0.1) is 11.3 Å². The number of rotatable bonds is 4. The monoisotopic (exact) mass is 239 g/mol. The fourth-order valence-electron chi connectivity index (χ4n) is 1.39. The van der Waals surface area contributed by atoms with Crippen LogP contribution < -0.4 is 4.90 Å². The molecule has 92 valence electrons. The van der Waals surface area contributed by atoms with E-state index in [9.17, 15) is 8.78 Å². The summed E-state index contributed by atoms with van der Waals surface area (Å²) in [6.45, 7) is 1.31. The van der Waals surface area contributed by atoms with E-state index in [0.717, 1.165) is 6.54 Å². The van der Waals surface area contributed by atoms with E-state index in [1.165, 1.54) is 12.1 Å². The molecule has 1 aromatic rings. The van der Waals surface area contributed by atoms with Gasteiger partial charge in [0, 0.05) is 20.1 Å². The van der Waals surface area contributed by atoms with Crippen LogP contribution in [0.5, 0.6) is 0 Å². The summed E-state index contributed by atoms with van der Waals surface area (Å²) in [6.07, 6.45) is 0. The van der Waals surface area contributed by atoms with Crippen molar-refractivity contribution in [2.75, 3.05) is 39.1 Å². The number of anilines is 1. The molecule has 3 nitrogen and oxygen atoms in total. The fourth-order valence-corrected chi connectivity index (χ4v) is 1.39. The quantitative estimate of drug-likeness (QED) is 0.803. The number of likely N-dealkylation sites (N-methyl/N-ethyl adjacent to an activating group) is 2. The molecule has 0 fully saturated rings. The van der Waals surface area contributed by atoms with Gasteiger partial charge in [-0.15, -0.1) is 0 Å². The highest BCUT2D eigenvalue weighted by molar-refractivity contribution is 5.51. The molecule has 17 heavy (non-hydrogen) atoms. The van der Waals surface area contributed by atoms with Gasteiger partial charge in [-0.3, -0.25) is 0 Å². The molecule has 0 unspecified atom stereocenters. The average molecular weight is 239 g/mol. The van der Waals surface area contributed by atoms with E-state index in [1.807, 2.05) is 19.0 Å². The van der Waals surface area contributed by atoms with E-state index >= 15 is 0 Å². The summed E-state index contributed by atoms with van der Waals surface area (Å²) in [5, 5.41) is 8.57. The van der Waals surface area contributed by atoms with Crippen molar-refractivity contribution in [3.05, 3.63) is 29.3 Å². The maximum Gasteiger partial charge on any atom is 0.183 e. The molecule has 0 aliphatic heterocycles. The van der Waals surface area contributed by atoms with Crippen LogP contribution in [0.2, 0.25) is 0 Å². The fraction of sp³-hybridized carbons (Fsp3) is 0.417. The second-order valence-electron chi connectivity index (χ2n) is 4.10. The molecular weight excluding hydrogens is 224 g/mol. The van der Waals surface area contributed by atoms with Crippen molar-refractivity contribution in [1.82, 2.24) is 4.90 Å². The summed E-state index contributed by atoms with van der Waals surface area (Å²) in [6, 6.07) is 4.33. The molecule has 0 amide bonds. The highest BCUT2D eigenvalue weighted by Gasteiger charge is 2.15. The van der Waals surface area contributed by atoms with Crippen LogP contribution >= 0.6 is 0 Å². The maximum atomic E-state index is 13.6. The zero-order valence-corrected chi connectivity index (χ0v) is 10.2. The lowest BCUT2D eigenvalue weighted by molar-refractivity contribution is 0.415. The van der Waals surface area contributed by atoms with E-state index in [1.54, 1.807) is 18.0 Å². The lowest BCUT2D eigenvalue weighted by Gasteiger charge is -2.22. The van der Waals surface area contributed by atoms with Crippen molar-refractivity contribution in [1.29, 1.82) is 5.26 Å². The molecule has 0 spiro atoms. The molecule has 0 aromatic heterocycles. The second-order valence-corrected chi connectivity index (χ2v) is 4.10. The van der Waals surface area contributed by atoms with Crippen molar-refractivity contribution < 1.29 is 8.78 Å². The van der Waals surface area contributed by atoms with E-state index in [-0.39, 0.29) is 11.3 Å². The first-order valence-corrected chi connectivity index (χ1v) is 5.21. The Bertz CT molecular complexity index is 438. The topological polar surface area (TPSA) is 30.3 Å². The van der Waals surface area contributed by atoms with Crippen LogP contribution in [0.15, 0.2) is 12.1 Å². The second kappa shape index (κ2) is 5.60. The van der Waals surface area contributed by atoms with Gasteiger partial charge in [0.1, 0.15) is 6.07 Å². The third kappa shape index (κ3) is 3.14. The summed E-state index contributed by atoms with van der Waals surface area (Å²) >= 11 is 0. The van der Waals surface area contributed by atoms with Crippen molar-refractivity contribution in [3.63, 3.8) is 0 Å². The van der Waals surface area contributed by atoms with Gasteiger partial charge in [-0.25, -0.2) is 8.78 Å². The summed E-state index contributed by atoms with van der Waals surface area (Å²) in [5.74, 6) is -2.05. The van der Waals surface area contributed by atoms with Crippen molar-refractivity contribution in [2.24, 2.45) is 0 Å². The molecule has 0 atom stereocenters. The van der Waals surface area contributed by atoms with Crippen LogP contribution in [-0.4, -0.2) is 39.1 Å². The van der Waals surface area contributed by atoms with E-state index < -0.39 is 11.6 Å². The molecule has 0 N–H and O–H groups in total. The normalized spacial score (nSPS) is 10.4. The Morgan fingerprint density at radius 3 is 2.29 bits per heavy atom. The zero-order valence-electron chi connectivity index (χ0n) is 10.2. The van der Waals surface area contributed by atoms with Crippen LogP contribution in [0, 0.1) is 23.0 Å². The Morgan fingerprint density at radius 1 is 1.12 bits per heavy atom. The Labute approximate surface area is 99.9 Å². The highest BCUT2D eigenvalue weighted by atomic mass is 19.2. The molecule has 0 radical (unpaired) electrons. The van der Waals surface area contributed by atoms with Crippen LogP contribution in [0.25, 0.3) is 0 Å². The molecule has 0 aliphatic carbocycles. The summed E-state index contributed by atoms with van der Waals surface area (Å²) < 4.78 is 27.0. The van der Waals surface area contributed by atoms with Gasteiger partial charge < -0.3 is 9.80 Å². The predicted octanol–water partition coefficient (Wildman–Crippen LogP) is 1.83. The molecule has 1 aromatic carbocycles. The molecule has 0 bridgehead atoms. The van der Waals surface area contributed by atoms with Crippen LogP contribution in [0.4, 0.5) is 14.5 Å². The first-order valence-electron chi connectivity index (χ1n) is 5.21. The van der Waals surface area contributed by atoms with Gasteiger partial charge in [-0.1, -0.05) is 0 Å². The first kappa shape index (κ1) is 13.4. The van der Waals surface area contributed by atoms with Crippen LogP contribution in [0.1, 0.15) is 5.56 Å². The highest BCUT2D eigenvalue weighted by Crippen LogP contribution is 2.22. The number of hydrogen-bond donors (Lipinski definition) is 0. The number of nitriles is 1. The third-order valence-corrected chi connectivity index (χ3v) is 2.48. The van der Waals surface area contributed by atoms with Crippen molar-refractivity contribution in [2.45, 2.75) is 0 Å². The minimum atomic E-state index is -1.08. The van der Waals surface area contributed by atoms with Crippen LogP contribution in [0.3, 0.4) is 0 Å². The first-order chi connectivity index (χ1) is 7.97. The number of nitrogens with zero attached hydrogens (tertiary/aromatic N) is 3. The van der Waals surface area contributed by atoms with Crippen LogP contribution in [-0.2, 0) is 0 Å². The van der Waals surface area contributed by atoms with Gasteiger partial charge >= 0.3 is 0 Å². The number of benzene rings is 1. The molecule has 1 rings (SSSR count). The molecule has 0 saturated heterocycles. The van der Waals surface area contributed by atoms with Gasteiger partial charge in [0.25, 0.3) is 0 Å². The molecule has 0 saturated carbocycles. The van der Waals surface area contributed by atoms with Gasteiger partial charge in [-0.05, 0) is 26.2 Å². The standard InChI is InChI=1S/C12H15F2N3/c1-16(2)6-7-17(3)10-5-4-9(8-15)11(13)12(10)14/h4-5H,6-7H2,1-3H3. The molecule has 5 heteroatoms. The predicted molar refractivity (Wildman–Crippen MR) is 62.9 cm³/mol. The van der Waals surface area contributed by atoms with E-state index in [2.05, 4.69) is 0 Å². The minimum absolute atomic E-state index is 0.170. The Kier molecular flexibility index (Phi) is 4.41. The lowest BCUT2D eigenvalue weighted by atomic mass is 10.2. The SMILES string of the molecule is CN(C)CCN(C)c1ccc(C#N)c(F)c1F. The van der Waals surface area contributed by atoms with Gasteiger partial charge in [0.2, 0.25) is 0 Å². The minimum Gasteiger partial charge on any atom is -0.371 e. The van der Waals surface area contributed by atoms with Crippen molar-refractivity contribution in [3.8, 4) is 6.07 Å². The van der Waals surface area contributed by atoms with Gasteiger partial charge in [0.15, 0.2) is 11.6 Å². The van der Waals surface area contributed by atoms with E-state index in [0.29, 0.717) is 6.54 Å². The Balaban J connectivity index is 2.92. The summed E-state index contributed by atoms with van der Waals surface area (Å²) in [7, 11) is 5.50. The lowest BCUT2D eigenvalue weighted by Crippen LogP contribution is -2.29. The summed E-state index contributed by atoms with van der Waals surface area (Å²) in [5.41, 5.74) is -0.101. The van der Waals surface area contributed by atoms with Crippen molar-refractivity contribution >= 4 is 5.69 Å². The molecular formula is C12H15F2N3. The Morgan fingerprint density at radius 2 is 1.76 bits per heavy atom. The maximum absolute atomic E-state index is 13.6.